The number of aliphatic hydroxyl groups excluding tert-OH is 1. The summed E-state index contributed by atoms with van der Waals surface area (Å²) >= 11 is 0. The van der Waals surface area contributed by atoms with Crippen LogP contribution in [0.15, 0.2) is 0 Å². The van der Waals surface area contributed by atoms with Crippen molar-refractivity contribution in [2.24, 2.45) is 5.92 Å². The molecule has 100 valence electrons. The maximum atomic E-state index is 9.20. The quantitative estimate of drug-likeness (QED) is 0.823. The van der Waals surface area contributed by atoms with Crippen LogP contribution in [0.3, 0.4) is 0 Å². The van der Waals surface area contributed by atoms with Gasteiger partial charge in [0.15, 0.2) is 0 Å². The lowest BCUT2D eigenvalue weighted by atomic mass is 9.81. The smallest absolute Gasteiger partial charge is 0.116 e. The second-order valence-corrected chi connectivity index (χ2v) is 6.11. The first-order valence-corrected chi connectivity index (χ1v) is 7.08. The Labute approximate surface area is 105 Å². The van der Waals surface area contributed by atoms with Crippen molar-refractivity contribution in [2.75, 3.05) is 13.7 Å². The van der Waals surface area contributed by atoms with Crippen LogP contribution < -0.4 is 0 Å². The molecule has 0 aromatic rings. The summed E-state index contributed by atoms with van der Waals surface area (Å²) in [6, 6.07) is 0.498. The summed E-state index contributed by atoms with van der Waals surface area (Å²) in [5, 5.41) is 9.20. The minimum absolute atomic E-state index is 0.179. The first-order valence-electron chi connectivity index (χ1n) is 7.08. The van der Waals surface area contributed by atoms with Crippen LogP contribution in [0.4, 0.5) is 0 Å². The highest BCUT2D eigenvalue weighted by Crippen LogP contribution is 2.40. The van der Waals surface area contributed by atoms with Gasteiger partial charge in [-0.25, -0.2) is 0 Å². The highest BCUT2D eigenvalue weighted by molar-refractivity contribution is 4.95. The van der Waals surface area contributed by atoms with Gasteiger partial charge in [-0.3, -0.25) is 4.90 Å². The number of rotatable bonds is 3. The van der Waals surface area contributed by atoms with Crippen LogP contribution in [0.2, 0.25) is 0 Å². The number of likely N-dealkylation sites (N-methyl/N-ethyl adjacent to an activating group) is 1. The summed E-state index contributed by atoms with van der Waals surface area (Å²) < 4.78 is 6.13. The molecule has 1 saturated heterocycles. The highest BCUT2D eigenvalue weighted by Gasteiger charge is 2.47. The van der Waals surface area contributed by atoms with Crippen molar-refractivity contribution in [2.45, 2.75) is 70.2 Å². The maximum absolute atomic E-state index is 9.20. The molecule has 2 unspecified atom stereocenters. The number of nitrogens with zero attached hydrogens (tertiary/aromatic N) is 1. The third kappa shape index (κ3) is 2.67. The van der Waals surface area contributed by atoms with Crippen molar-refractivity contribution in [1.29, 1.82) is 0 Å². The second kappa shape index (κ2) is 5.25. The molecule has 0 amide bonds. The molecule has 0 aromatic heterocycles. The van der Waals surface area contributed by atoms with Crippen LogP contribution in [0.5, 0.6) is 0 Å². The summed E-state index contributed by atoms with van der Waals surface area (Å²) in [6.45, 7) is 4.51. The molecule has 0 bridgehead atoms. The molecule has 1 aliphatic heterocycles. The van der Waals surface area contributed by atoms with E-state index in [-0.39, 0.29) is 18.4 Å². The fraction of sp³-hybridized carbons (Fsp3) is 1.00. The molecule has 2 atom stereocenters. The molecule has 1 aliphatic carbocycles. The van der Waals surface area contributed by atoms with Crippen molar-refractivity contribution in [3.63, 3.8) is 0 Å². The van der Waals surface area contributed by atoms with Crippen molar-refractivity contribution in [3.05, 3.63) is 0 Å². The molecule has 1 heterocycles. The predicted octanol–water partition coefficient (Wildman–Crippen LogP) is 2.38. The lowest BCUT2D eigenvalue weighted by Gasteiger charge is -2.36. The van der Waals surface area contributed by atoms with Crippen LogP contribution in [-0.4, -0.2) is 41.5 Å². The Kier molecular flexibility index (Phi) is 4.11. The van der Waals surface area contributed by atoms with Gasteiger partial charge >= 0.3 is 0 Å². The first kappa shape index (κ1) is 13.3. The molecule has 3 heteroatoms. The maximum Gasteiger partial charge on any atom is 0.116 e. The van der Waals surface area contributed by atoms with E-state index in [4.69, 9.17) is 4.74 Å². The van der Waals surface area contributed by atoms with E-state index in [0.717, 1.165) is 12.3 Å². The number of aliphatic hydroxyl groups is 1. The molecule has 1 N–H and O–H groups in total. The Morgan fingerprint density at radius 3 is 2.47 bits per heavy atom. The van der Waals surface area contributed by atoms with E-state index < -0.39 is 0 Å². The van der Waals surface area contributed by atoms with Crippen LogP contribution in [0.1, 0.15) is 52.4 Å². The van der Waals surface area contributed by atoms with Gasteiger partial charge in [0.2, 0.25) is 0 Å². The van der Waals surface area contributed by atoms with E-state index in [9.17, 15) is 5.11 Å². The number of hydrogen-bond acceptors (Lipinski definition) is 3. The highest BCUT2D eigenvalue weighted by atomic mass is 16.5. The molecule has 2 aliphatic rings. The fourth-order valence-corrected chi connectivity index (χ4v) is 3.58. The largest absolute Gasteiger partial charge is 0.396 e. The van der Waals surface area contributed by atoms with E-state index in [0.29, 0.717) is 6.04 Å². The normalized spacial score (nSPS) is 35.3. The van der Waals surface area contributed by atoms with Gasteiger partial charge in [-0.05, 0) is 46.1 Å². The SMILES string of the molecule is CN1C(C2CCCCC2)C(CCO)OC1(C)C. The van der Waals surface area contributed by atoms with Gasteiger partial charge in [0.25, 0.3) is 0 Å². The average Bonchev–Trinajstić information content (AvgIpc) is 2.51. The lowest BCUT2D eigenvalue weighted by Crippen LogP contribution is -2.45. The molecule has 0 spiro atoms. The molecular formula is C14H27NO2. The standard InChI is InChI=1S/C14H27NO2/c1-14(2)15(3)13(12(17-14)9-10-16)11-7-5-4-6-8-11/h11-13,16H,4-10H2,1-3H3. The zero-order valence-corrected chi connectivity index (χ0v) is 11.5. The van der Waals surface area contributed by atoms with Gasteiger partial charge in [0.1, 0.15) is 5.72 Å². The first-order chi connectivity index (χ1) is 8.06. The zero-order valence-electron chi connectivity index (χ0n) is 11.5. The van der Waals surface area contributed by atoms with Gasteiger partial charge in [-0.1, -0.05) is 19.3 Å². The van der Waals surface area contributed by atoms with Gasteiger partial charge in [0, 0.05) is 12.6 Å². The molecule has 1 saturated carbocycles. The molecule has 0 radical (unpaired) electrons. The van der Waals surface area contributed by atoms with Crippen molar-refractivity contribution < 1.29 is 9.84 Å². The molecule has 3 nitrogen and oxygen atoms in total. The van der Waals surface area contributed by atoms with Crippen LogP contribution in [-0.2, 0) is 4.74 Å². The minimum Gasteiger partial charge on any atom is -0.396 e. The Bertz CT molecular complexity index is 249. The van der Waals surface area contributed by atoms with Crippen LogP contribution in [0, 0.1) is 5.92 Å². The Balaban J connectivity index is 2.09. The molecule has 17 heavy (non-hydrogen) atoms. The van der Waals surface area contributed by atoms with Crippen molar-refractivity contribution >= 4 is 0 Å². The van der Waals surface area contributed by atoms with Gasteiger partial charge < -0.3 is 9.84 Å². The molecule has 2 fully saturated rings. The third-order valence-electron chi connectivity index (χ3n) is 4.66. The summed E-state index contributed by atoms with van der Waals surface area (Å²) in [5.74, 6) is 0.757. The fourth-order valence-electron chi connectivity index (χ4n) is 3.58. The minimum atomic E-state index is -0.179. The van der Waals surface area contributed by atoms with Gasteiger partial charge in [0.05, 0.1) is 6.10 Å². The van der Waals surface area contributed by atoms with E-state index in [1.807, 2.05) is 0 Å². The van der Waals surface area contributed by atoms with E-state index in [1.54, 1.807) is 0 Å². The van der Waals surface area contributed by atoms with Crippen LogP contribution in [0.25, 0.3) is 0 Å². The molecule has 0 aromatic carbocycles. The lowest BCUT2D eigenvalue weighted by molar-refractivity contribution is -0.0713. The van der Waals surface area contributed by atoms with Crippen molar-refractivity contribution in [3.8, 4) is 0 Å². The third-order valence-corrected chi connectivity index (χ3v) is 4.66. The number of hydrogen-bond donors (Lipinski definition) is 1. The number of ether oxygens (including phenoxy) is 1. The van der Waals surface area contributed by atoms with Gasteiger partial charge in [-0.2, -0.15) is 0 Å². The monoisotopic (exact) mass is 241 g/mol. The van der Waals surface area contributed by atoms with E-state index in [1.165, 1.54) is 32.1 Å². The summed E-state index contributed by atoms with van der Waals surface area (Å²) in [5.41, 5.74) is -0.179. The second-order valence-electron chi connectivity index (χ2n) is 6.11. The van der Waals surface area contributed by atoms with Crippen LogP contribution >= 0.6 is 0 Å². The Morgan fingerprint density at radius 2 is 1.88 bits per heavy atom. The summed E-state index contributed by atoms with van der Waals surface area (Å²) in [6.07, 6.45) is 7.76. The summed E-state index contributed by atoms with van der Waals surface area (Å²) in [4.78, 5) is 2.39. The van der Waals surface area contributed by atoms with Crippen molar-refractivity contribution in [1.82, 2.24) is 4.90 Å². The predicted molar refractivity (Wildman–Crippen MR) is 68.8 cm³/mol. The molecular weight excluding hydrogens is 214 g/mol. The van der Waals surface area contributed by atoms with E-state index >= 15 is 0 Å². The Morgan fingerprint density at radius 1 is 1.24 bits per heavy atom. The van der Waals surface area contributed by atoms with E-state index in [2.05, 4.69) is 25.8 Å². The topological polar surface area (TPSA) is 32.7 Å². The Hall–Kier alpha value is -0.120. The average molecular weight is 241 g/mol. The van der Waals surface area contributed by atoms with Gasteiger partial charge in [-0.15, -0.1) is 0 Å². The zero-order chi connectivity index (χ0) is 12.5. The summed E-state index contributed by atoms with van der Waals surface area (Å²) in [7, 11) is 2.18. The molecule has 2 rings (SSSR count).